The van der Waals surface area contributed by atoms with Crippen LogP contribution < -0.4 is 0 Å². The number of carboxylic acids is 1. The summed E-state index contributed by atoms with van der Waals surface area (Å²) >= 11 is 0. The molecule has 3 aliphatic rings. The van der Waals surface area contributed by atoms with E-state index >= 15 is 0 Å². The lowest BCUT2D eigenvalue weighted by atomic mass is 9.83. The van der Waals surface area contributed by atoms with Crippen molar-refractivity contribution in [2.24, 2.45) is 17.8 Å². The molecule has 148 valence electrons. The third kappa shape index (κ3) is 3.22. The van der Waals surface area contributed by atoms with E-state index in [2.05, 4.69) is 0 Å². The normalized spacial score (nSPS) is 48.5. The van der Waals surface area contributed by atoms with Gasteiger partial charge in [-0.3, -0.25) is 0 Å². The zero-order valence-corrected chi connectivity index (χ0v) is 14.1. The second kappa shape index (κ2) is 7.39. The predicted octanol–water partition coefficient (Wildman–Crippen LogP) is -2.24. The van der Waals surface area contributed by atoms with Gasteiger partial charge in [0.15, 0.2) is 6.29 Å². The fraction of sp³-hybridized carbons (Fsp3) is 0.812. The first-order valence-electron chi connectivity index (χ1n) is 8.49. The monoisotopic (exact) mass is 376 g/mol. The van der Waals surface area contributed by atoms with E-state index in [4.69, 9.17) is 14.2 Å². The molecule has 0 aromatic rings. The minimum Gasteiger partial charge on any atom is -0.478 e. The Morgan fingerprint density at radius 1 is 1.19 bits per heavy atom. The van der Waals surface area contributed by atoms with E-state index in [9.17, 15) is 35.4 Å². The van der Waals surface area contributed by atoms with Crippen molar-refractivity contribution in [1.29, 1.82) is 0 Å². The Morgan fingerprint density at radius 3 is 2.50 bits per heavy atom. The number of hydrogen-bond acceptors (Lipinski definition) is 9. The molecule has 0 aromatic heterocycles. The maximum absolute atomic E-state index is 11.4. The van der Waals surface area contributed by atoms with Crippen molar-refractivity contribution in [2.75, 3.05) is 6.61 Å². The maximum atomic E-state index is 11.4. The van der Waals surface area contributed by atoms with E-state index in [1.807, 2.05) is 0 Å². The van der Waals surface area contributed by atoms with Crippen LogP contribution in [-0.2, 0) is 19.0 Å². The lowest BCUT2D eigenvalue weighted by Gasteiger charge is -2.43. The Labute approximate surface area is 149 Å². The molecule has 1 aliphatic carbocycles. The Morgan fingerprint density at radius 2 is 1.88 bits per heavy atom. The molecule has 0 spiro atoms. The largest absolute Gasteiger partial charge is 0.478 e. The van der Waals surface area contributed by atoms with Crippen LogP contribution in [0, 0.1) is 17.8 Å². The van der Waals surface area contributed by atoms with Crippen molar-refractivity contribution in [3.05, 3.63) is 11.8 Å². The van der Waals surface area contributed by atoms with Crippen molar-refractivity contribution < 1.29 is 49.6 Å². The highest BCUT2D eigenvalue weighted by atomic mass is 16.8. The van der Waals surface area contributed by atoms with E-state index in [1.54, 1.807) is 6.92 Å². The quantitative estimate of drug-likeness (QED) is 0.316. The topological polar surface area (TPSA) is 166 Å². The van der Waals surface area contributed by atoms with Crippen molar-refractivity contribution in [1.82, 2.24) is 0 Å². The molecular weight excluding hydrogens is 352 g/mol. The highest BCUT2D eigenvalue weighted by molar-refractivity contribution is 5.87. The van der Waals surface area contributed by atoms with Gasteiger partial charge in [-0.15, -0.1) is 0 Å². The van der Waals surface area contributed by atoms with Crippen molar-refractivity contribution >= 4 is 5.97 Å². The Bertz CT molecular complexity index is 563. The van der Waals surface area contributed by atoms with Gasteiger partial charge in [0.05, 0.1) is 24.5 Å². The molecule has 1 saturated carbocycles. The molecule has 0 radical (unpaired) electrons. The second-order valence-corrected chi connectivity index (χ2v) is 7.06. The van der Waals surface area contributed by atoms with Crippen molar-refractivity contribution in [2.45, 2.75) is 56.4 Å². The number of hydrogen-bond donors (Lipinski definition) is 6. The van der Waals surface area contributed by atoms with Gasteiger partial charge in [-0.2, -0.15) is 0 Å². The summed E-state index contributed by atoms with van der Waals surface area (Å²) < 4.78 is 16.3. The van der Waals surface area contributed by atoms with Crippen LogP contribution in [0.2, 0.25) is 0 Å². The SMILES string of the molecule is C[C@@H]1[C@H]2[C@H](O[C@@H]3OC(CO)[C@@H](O)C(O)C3O)OC=C(C(=O)O)[C@H]2C[C@@H]1O. The summed E-state index contributed by atoms with van der Waals surface area (Å²) in [4.78, 5) is 11.4. The molecule has 2 heterocycles. The van der Waals surface area contributed by atoms with Crippen LogP contribution in [0.25, 0.3) is 0 Å². The summed E-state index contributed by atoms with van der Waals surface area (Å²) in [5.41, 5.74) is 0.0343. The highest BCUT2D eigenvalue weighted by Gasteiger charge is 2.53. The average Bonchev–Trinajstić information content (AvgIpc) is 2.90. The molecule has 10 atom stereocenters. The first-order valence-corrected chi connectivity index (χ1v) is 8.49. The van der Waals surface area contributed by atoms with Crippen LogP contribution in [0.4, 0.5) is 0 Å². The molecule has 2 aliphatic heterocycles. The van der Waals surface area contributed by atoms with Gasteiger partial charge in [0.1, 0.15) is 24.4 Å². The lowest BCUT2D eigenvalue weighted by molar-refractivity contribution is -0.342. The van der Waals surface area contributed by atoms with Crippen LogP contribution in [0.1, 0.15) is 13.3 Å². The zero-order valence-electron chi connectivity index (χ0n) is 14.1. The van der Waals surface area contributed by atoms with Gasteiger partial charge in [0.2, 0.25) is 6.29 Å². The van der Waals surface area contributed by atoms with Gasteiger partial charge in [-0.1, -0.05) is 6.92 Å². The number of carbonyl (C=O) groups is 1. The smallest absolute Gasteiger partial charge is 0.334 e. The Balaban J connectivity index is 1.79. The van der Waals surface area contributed by atoms with E-state index in [-0.39, 0.29) is 17.9 Å². The minimum atomic E-state index is -1.60. The summed E-state index contributed by atoms with van der Waals surface area (Å²) in [7, 11) is 0. The highest BCUT2D eigenvalue weighted by Crippen LogP contribution is 2.47. The summed E-state index contributed by atoms with van der Waals surface area (Å²) in [5.74, 6) is -2.49. The van der Waals surface area contributed by atoms with E-state index < -0.39 is 67.5 Å². The minimum absolute atomic E-state index is 0.0343. The first-order chi connectivity index (χ1) is 12.3. The fourth-order valence-corrected chi connectivity index (χ4v) is 3.99. The molecule has 0 aromatic carbocycles. The van der Waals surface area contributed by atoms with Crippen LogP contribution in [-0.4, -0.2) is 86.3 Å². The first kappa shape index (κ1) is 19.5. The number of fused-ring (bicyclic) bond motifs is 1. The summed E-state index contributed by atoms with van der Waals surface area (Å²) in [6, 6.07) is 0. The molecule has 10 heteroatoms. The van der Waals surface area contributed by atoms with Crippen molar-refractivity contribution in [3.63, 3.8) is 0 Å². The molecule has 1 saturated heterocycles. The van der Waals surface area contributed by atoms with E-state index in [1.165, 1.54) is 0 Å². The molecule has 3 rings (SSSR count). The van der Waals surface area contributed by atoms with Gasteiger partial charge in [-0.25, -0.2) is 4.79 Å². The number of aliphatic hydroxyl groups excluding tert-OH is 5. The molecule has 6 N–H and O–H groups in total. The number of ether oxygens (including phenoxy) is 3. The van der Waals surface area contributed by atoms with Crippen LogP contribution in [0.15, 0.2) is 11.8 Å². The predicted molar refractivity (Wildman–Crippen MR) is 82.2 cm³/mol. The molecule has 26 heavy (non-hydrogen) atoms. The standard InChI is InChI=1S/C16H24O10/c1-5-8(18)2-6-7(14(22)23)4-24-15(10(5)6)26-16-13(21)12(20)11(19)9(3-17)25-16/h4-6,8-13,15-21H,2-3H2,1H3,(H,22,23)/t5-,6+,8-,9?,10+,11+,12?,13?,15-,16-/m0/s1. The molecule has 0 bridgehead atoms. The van der Waals surface area contributed by atoms with E-state index in [0.717, 1.165) is 6.26 Å². The number of aliphatic carboxylic acids is 1. The van der Waals surface area contributed by atoms with Crippen LogP contribution in [0.5, 0.6) is 0 Å². The van der Waals surface area contributed by atoms with Gasteiger partial charge < -0.3 is 44.8 Å². The van der Waals surface area contributed by atoms with Gasteiger partial charge in [-0.05, 0) is 12.3 Å². The maximum Gasteiger partial charge on any atom is 0.334 e. The third-order valence-electron chi connectivity index (χ3n) is 5.58. The van der Waals surface area contributed by atoms with Crippen LogP contribution in [0.3, 0.4) is 0 Å². The third-order valence-corrected chi connectivity index (χ3v) is 5.58. The molecule has 3 unspecified atom stereocenters. The fourth-order valence-electron chi connectivity index (χ4n) is 3.99. The molecular formula is C16H24O10. The lowest BCUT2D eigenvalue weighted by Crippen LogP contribution is -2.60. The molecule has 10 nitrogen and oxygen atoms in total. The number of carboxylic acid groups (broad SMARTS) is 1. The number of rotatable bonds is 4. The molecule has 2 fully saturated rings. The van der Waals surface area contributed by atoms with Gasteiger partial charge in [0.25, 0.3) is 0 Å². The summed E-state index contributed by atoms with van der Waals surface area (Å²) in [5, 5.41) is 58.5. The Kier molecular flexibility index (Phi) is 5.54. The van der Waals surface area contributed by atoms with Crippen molar-refractivity contribution in [3.8, 4) is 0 Å². The number of aliphatic hydroxyl groups is 5. The van der Waals surface area contributed by atoms with E-state index in [0.29, 0.717) is 0 Å². The zero-order chi connectivity index (χ0) is 19.2. The average molecular weight is 376 g/mol. The van der Waals surface area contributed by atoms with Gasteiger partial charge >= 0.3 is 5.97 Å². The Hall–Kier alpha value is -1.27. The van der Waals surface area contributed by atoms with Crippen LogP contribution >= 0.6 is 0 Å². The molecule has 0 amide bonds. The summed E-state index contributed by atoms with van der Waals surface area (Å²) in [6.07, 6.45) is -7.71. The second-order valence-electron chi connectivity index (χ2n) is 7.06. The van der Waals surface area contributed by atoms with Gasteiger partial charge in [0, 0.05) is 11.8 Å². The summed E-state index contributed by atoms with van der Waals surface area (Å²) in [6.45, 7) is 1.15.